The summed E-state index contributed by atoms with van der Waals surface area (Å²) in [5.41, 5.74) is 3.78. The maximum absolute atomic E-state index is 10.5. The van der Waals surface area contributed by atoms with Crippen LogP contribution in [0.5, 0.6) is 11.5 Å². The van der Waals surface area contributed by atoms with Crippen LogP contribution in [-0.4, -0.2) is 26.2 Å². The number of aromatic hydroxyl groups is 1. The summed E-state index contributed by atoms with van der Waals surface area (Å²) in [5.74, 6) is -0.808. The van der Waals surface area contributed by atoms with Crippen molar-refractivity contribution >= 4 is 12.0 Å². The molecule has 0 aliphatic heterocycles. The summed E-state index contributed by atoms with van der Waals surface area (Å²) in [5, 5.41) is 18.6. The van der Waals surface area contributed by atoms with Gasteiger partial charge < -0.3 is 14.9 Å². The van der Waals surface area contributed by atoms with Gasteiger partial charge >= 0.3 is 5.97 Å². The summed E-state index contributed by atoms with van der Waals surface area (Å²) in [6.07, 6.45) is 2.40. The fourth-order valence-electron chi connectivity index (χ4n) is 1.97. The molecule has 1 heterocycles. The molecule has 6 heteroatoms. The van der Waals surface area contributed by atoms with Crippen LogP contribution in [-0.2, 0) is 11.4 Å². The molecule has 0 saturated carbocycles. The highest BCUT2D eigenvalue weighted by atomic mass is 16.5. The fourth-order valence-corrected chi connectivity index (χ4v) is 1.97. The number of hydrogen-bond acceptors (Lipinski definition) is 5. The Balaban J connectivity index is 2.12. The number of carboxylic acids is 1. The topological polar surface area (TPSA) is 92.5 Å². The Morgan fingerprint density at radius 2 is 1.87 bits per heavy atom. The minimum Gasteiger partial charge on any atom is -0.504 e. The van der Waals surface area contributed by atoms with E-state index in [4.69, 9.17) is 9.84 Å². The Morgan fingerprint density at radius 1 is 1.17 bits per heavy atom. The van der Waals surface area contributed by atoms with Gasteiger partial charge in [0.2, 0.25) is 0 Å². The third-order valence-electron chi connectivity index (χ3n) is 3.35. The number of aliphatic carboxylic acids is 1. The zero-order valence-corrected chi connectivity index (χ0v) is 13.2. The fraction of sp³-hybridized carbons (Fsp3) is 0.235. The standard InChI is InChI=1S/C17H18N2O4/c1-10-11(2)19-14(12(3)18-10)9-23-16-6-4-13(8-15(16)20)5-7-17(21)22/h4-8,20H,9H2,1-3H3,(H,21,22)/b7-5+. The van der Waals surface area contributed by atoms with E-state index in [1.807, 2.05) is 20.8 Å². The van der Waals surface area contributed by atoms with Gasteiger partial charge in [0.15, 0.2) is 11.5 Å². The van der Waals surface area contributed by atoms with Gasteiger partial charge in [-0.15, -0.1) is 0 Å². The minimum atomic E-state index is -1.05. The van der Waals surface area contributed by atoms with Crippen molar-refractivity contribution in [1.29, 1.82) is 0 Å². The van der Waals surface area contributed by atoms with E-state index in [0.29, 0.717) is 17.0 Å². The van der Waals surface area contributed by atoms with E-state index in [9.17, 15) is 9.90 Å². The highest BCUT2D eigenvalue weighted by Gasteiger charge is 2.08. The highest BCUT2D eigenvalue weighted by Crippen LogP contribution is 2.28. The largest absolute Gasteiger partial charge is 0.504 e. The van der Waals surface area contributed by atoms with Crippen LogP contribution >= 0.6 is 0 Å². The average Bonchev–Trinajstić information content (AvgIpc) is 2.48. The summed E-state index contributed by atoms with van der Waals surface area (Å²) in [6, 6.07) is 4.68. The number of nitrogens with zero attached hydrogens (tertiary/aromatic N) is 2. The molecule has 2 rings (SSSR count). The number of benzene rings is 1. The van der Waals surface area contributed by atoms with Gasteiger partial charge in [-0.3, -0.25) is 9.97 Å². The average molecular weight is 314 g/mol. The summed E-state index contributed by atoms with van der Waals surface area (Å²) in [7, 11) is 0. The quantitative estimate of drug-likeness (QED) is 0.824. The summed E-state index contributed by atoms with van der Waals surface area (Å²) in [6.45, 7) is 5.83. The Kier molecular flexibility index (Phi) is 4.95. The molecule has 0 aliphatic carbocycles. The minimum absolute atomic E-state index is 0.0630. The first kappa shape index (κ1) is 16.5. The Labute approximate surface area is 134 Å². The van der Waals surface area contributed by atoms with Crippen LogP contribution in [0.4, 0.5) is 0 Å². The number of phenolic OH excluding ortho intramolecular Hbond substituents is 1. The van der Waals surface area contributed by atoms with Crippen molar-refractivity contribution in [2.24, 2.45) is 0 Å². The van der Waals surface area contributed by atoms with Crippen molar-refractivity contribution in [2.45, 2.75) is 27.4 Å². The van der Waals surface area contributed by atoms with E-state index < -0.39 is 5.97 Å². The zero-order chi connectivity index (χ0) is 17.0. The van der Waals surface area contributed by atoms with Gasteiger partial charge in [-0.05, 0) is 44.5 Å². The molecule has 0 amide bonds. The maximum Gasteiger partial charge on any atom is 0.328 e. The third-order valence-corrected chi connectivity index (χ3v) is 3.35. The predicted octanol–water partition coefficient (Wildman–Crippen LogP) is 2.78. The molecule has 0 bridgehead atoms. The molecule has 0 fully saturated rings. The number of hydrogen-bond donors (Lipinski definition) is 2. The van der Waals surface area contributed by atoms with Crippen molar-refractivity contribution in [1.82, 2.24) is 9.97 Å². The predicted molar refractivity (Wildman–Crippen MR) is 85.4 cm³/mol. The summed E-state index contributed by atoms with van der Waals surface area (Å²) < 4.78 is 5.59. The second-order valence-corrected chi connectivity index (χ2v) is 5.11. The molecular formula is C17H18N2O4. The van der Waals surface area contributed by atoms with Crippen molar-refractivity contribution in [3.05, 3.63) is 52.6 Å². The molecule has 23 heavy (non-hydrogen) atoms. The Morgan fingerprint density at radius 3 is 2.52 bits per heavy atom. The molecule has 0 saturated heterocycles. The van der Waals surface area contributed by atoms with Crippen LogP contribution in [0.1, 0.15) is 28.3 Å². The number of aromatic nitrogens is 2. The first-order valence-electron chi connectivity index (χ1n) is 7.04. The van der Waals surface area contributed by atoms with Gasteiger partial charge in [0, 0.05) is 6.08 Å². The van der Waals surface area contributed by atoms with Gasteiger partial charge in [0.05, 0.1) is 22.8 Å². The summed E-state index contributed by atoms with van der Waals surface area (Å²) in [4.78, 5) is 19.3. The molecule has 2 N–H and O–H groups in total. The number of aryl methyl sites for hydroxylation is 3. The smallest absolute Gasteiger partial charge is 0.328 e. The number of carbonyl (C=O) groups is 1. The van der Waals surface area contributed by atoms with E-state index >= 15 is 0 Å². The van der Waals surface area contributed by atoms with Crippen LogP contribution in [0.25, 0.3) is 6.08 Å². The van der Waals surface area contributed by atoms with E-state index in [1.165, 1.54) is 12.1 Å². The number of rotatable bonds is 5. The van der Waals surface area contributed by atoms with Gasteiger partial charge in [-0.25, -0.2) is 4.79 Å². The first-order valence-corrected chi connectivity index (χ1v) is 7.04. The molecule has 120 valence electrons. The van der Waals surface area contributed by atoms with Crippen LogP contribution < -0.4 is 4.74 Å². The SMILES string of the molecule is Cc1nc(C)c(COc2ccc(/C=C/C(=O)O)cc2O)nc1C. The number of ether oxygens (including phenoxy) is 1. The molecular weight excluding hydrogens is 296 g/mol. The second kappa shape index (κ2) is 6.91. The lowest BCUT2D eigenvalue weighted by atomic mass is 10.2. The van der Waals surface area contributed by atoms with Crippen LogP contribution in [0.3, 0.4) is 0 Å². The summed E-state index contributed by atoms with van der Waals surface area (Å²) >= 11 is 0. The molecule has 6 nitrogen and oxygen atoms in total. The normalized spacial score (nSPS) is 10.9. The van der Waals surface area contributed by atoms with E-state index in [0.717, 1.165) is 23.2 Å². The van der Waals surface area contributed by atoms with Gasteiger partial charge in [-0.1, -0.05) is 6.07 Å². The van der Waals surface area contributed by atoms with Crippen LogP contribution in [0.2, 0.25) is 0 Å². The van der Waals surface area contributed by atoms with E-state index in [1.54, 1.807) is 12.1 Å². The highest BCUT2D eigenvalue weighted by molar-refractivity contribution is 5.85. The van der Waals surface area contributed by atoms with Crippen LogP contribution in [0, 0.1) is 20.8 Å². The monoisotopic (exact) mass is 314 g/mol. The Bertz CT molecular complexity index is 769. The molecule has 1 aromatic heterocycles. The van der Waals surface area contributed by atoms with Gasteiger partial charge in [0.25, 0.3) is 0 Å². The lowest BCUT2D eigenvalue weighted by Gasteiger charge is -2.11. The molecule has 0 atom stereocenters. The molecule has 0 aliphatic rings. The van der Waals surface area contributed by atoms with Crippen molar-refractivity contribution in [2.75, 3.05) is 0 Å². The lowest BCUT2D eigenvalue weighted by molar-refractivity contribution is -0.131. The third kappa shape index (κ3) is 4.29. The molecule has 0 spiro atoms. The van der Waals surface area contributed by atoms with Crippen molar-refractivity contribution < 1.29 is 19.7 Å². The second-order valence-electron chi connectivity index (χ2n) is 5.11. The van der Waals surface area contributed by atoms with Crippen molar-refractivity contribution in [3.63, 3.8) is 0 Å². The molecule has 0 radical (unpaired) electrons. The maximum atomic E-state index is 10.5. The van der Waals surface area contributed by atoms with E-state index in [-0.39, 0.29) is 12.4 Å². The molecule has 2 aromatic rings. The zero-order valence-electron chi connectivity index (χ0n) is 13.2. The number of carboxylic acid groups (broad SMARTS) is 1. The van der Waals surface area contributed by atoms with Crippen LogP contribution in [0.15, 0.2) is 24.3 Å². The number of phenols is 1. The lowest BCUT2D eigenvalue weighted by Crippen LogP contribution is -2.06. The molecule has 1 aromatic carbocycles. The van der Waals surface area contributed by atoms with Gasteiger partial charge in [0.1, 0.15) is 6.61 Å². The first-order chi connectivity index (χ1) is 10.9. The van der Waals surface area contributed by atoms with E-state index in [2.05, 4.69) is 9.97 Å². The molecule has 0 unspecified atom stereocenters. The Hall–Kier alpha value is -2.89. The van der Waals surface area contributed by atoms with Gasteiger partial charge in [-0.2, -0.15) is 0 Å². The van der Waals surface area contributed by atoms with Crippen molar-refractivity contribution in [3.8, 4) is 11.5 Å².